The second-order valence-corrected chi connectivity index (χ2v) is 3.66. The maximum absolute atomic E-state index is 8.61. The summed E-state index contributed by atoms with van der Waals surface area (Å²) < 4.78 is 0. The van der Waals surface area contributed by atoms with Gasteiger partial charge in [-0.1, -0.05) is 18.5 Å². The summed E-state index contributed by atoms with van der Waals surface area (Å²) in [5.41, 5.74) is 5.93. The Morgan fingerprint density at radius 1 is 1.53 bits per heavy atom. The molecule has 0 aliphatic rings. The summed E-state index contributed by atoms with van der Waals surface area (Å²) in [4.78, 5) is 10.5. The first-order chi connectivity index (χ1) is 8.22. The van der Waals surface area contributed by atoms with Crippen LogP contribution in [0.1, 0.15) is 32.4 Å². The van der Waals surface area contributed by atoms with Crippen molar-refractivity contribution in [2.75, 3.05) is 18.0 Å². The van der Waals surface area contributed by atoms with Gasteiger partial charge in [-0.3, -0.25) is 0 Å². The van der Waals surface area contributed by atoms with Crippen LogP contribution >= 0.6 is 0 Å². The highest BCUT2D eigenvalue weighted by atomic mass is 16.4. The number of oxime groups is 1. The first kappa shape index (κ1) is 13.2. The summed E-state index contributed by atoms with van der Waals surface area (Å²) in [6.45, 7) is 5.93. The second-order valence-electron chi connectivity index (χ2n) is 3.66. The van der Waals surface area contributed by atoms with Crippen molar-refractivity contribution in [2.45, 2.75) is 26.7 Å². The number of rotatable bonds is 6. The van der Waals surface area contributed by atoms with Gasteiger partial charge in [-0.25, -0.2) is 9.97 Å². The third-order valence-corrected chi connectivity index (χ3v) is 2.46. The molecule has 1 aromatic rings. The minimum Gasteiger partial charge on any atom is -0.409 e. The molecule has 0 saturated heterocycles. The predicted molar refractivity (Wildman–Crippen MR) is 67.3 cm³/mol. The monoisotopic (exact) mass is 237 g/mol. The standard InChI is InChI=1S/C11H19N5O/c1-3-5-8-16(4-2)11-13-7-6-9(14-11)10(12)15-17/h6-7,17H,3-5,8H2,1-2H3,(H2,12,15). The topological polar surface area (TPSA) is 87.6 Å². The van der Waals surface area contributed by atoms with Gasteiger partial charge in [-0.2, -0.15) is 0 Å². The molecular weight excluding hydrogens is 218 g/mol. The van der Waals surface area contributed by atoms with Gasteiger partial charge in [-0.05, 0) is 19.4 Å². The van der Waals surface area contributed by atoms with E-state index >= 15 is 0 Å². The van der Waals surface area contributed by atoms with Crippen LogP contribution in [0.25, 0.3) is 0 Å². The molecule has 0 aliphatic heterocycles. The molecule has 0 unspecified atom stereocenters. The average Bonchev–Trinajstić information content (AvgIpc) is 2.39. The Balaban J connectivity index is 2.88. The number of unbranched alkanes of at least 4 members (excludes halogenated alkanes) is 1. The molecule has 0 aliphatic carbocycles. The molecule has 1 rings (SSSR count). The van der Waals surface area contributed by atoms with Crippen LogP contribution in [-0.4, -0.2) is 34.1 Å². The highest BCUT2D eigenvalue weighted by Gasteiger charge is 2.09. The number of nitrogens with zero attached hydrogens (tertiary/aromatic N) is 4. The SMILES string of the molecule is CCCCN(CC)c1nccc(/C(N)=N/O)n1. The quantitative estimate of drug-likeness (QED) is 0.336. The Labute approximate surface area is 101 Å². The third-order valence-electron chi connectivity index (χ3n) is 2.46. The third kappa shape index (κ3) is 3.58. The predicted octanol–water partition coefficient (Wildman–Crippen LogP) is 1.20. The zero-order valence-corrected chi connectivity index (χ0v) is 10.3. The lowest BCUT2D eigenvalue weighted by atomic mass is 10.3. The number of hydrogen-bond acceptors (Lipinski definition) is 5. The molecule has 0 fully saturated rings. The normalized spacial score (nSPS) is 11.5. The van der Waals surface area contributed by atoms with Crippen LogP contribution in [0, 0.1) is 0 Å². The fourth-order valence-corrected chi connectivity index (χ4v) is 1.44. The molecule has 17 heavy (non-hydrogen) atoms. The van der Waals surface area contributed by atoms with Gasteiger partial charge in [-0.15, -0.1) is 0 Å². The lowest BCUT2D eigenvalue weighted by Crippen LogP contribution is -2.27. The summed E-state index contributed by atoms with van der Waals surface area (Å²) in [5, 5.41) is 11.5. The van der Waals surface area contributed by atoms with Gasteiger partial charge in [0.25, 0.3) is 0 Å². The average molecular weight is 237 g/mol. The molecule has 0 atom stereocenters. The molecule has 94 valence electrons. The second kappa shape index (κ2) is 6.67. The van der Waals surface area contributed by atoms with Crippen molar-refractivity contribution in [3.05, 3.63) is 18.0 Å². The van der Waals surface area contributed by atoms with E-state index in [0.29, 0.717) is 11.6 Å². The van der Waals surface area contributed by atoms with Crippen molar-refractivity contribution >= 4 is 11.8 Å². The van der Waals surface area contributed by atoms with Crippen molar-refractivity contribution in [3.8, 4) is 0 Å². The van der Waals surface area contributed by atoms with Crippen LogP contribution in [0.15, 0.2) is 17.4 Å². The Bertz CT molecular complexity index is 380. The van der Waals surface area contributed by atoms with E-state index in [2.05, 4.69) is 33.9 Å². The van der Waals surface area contributed by atoms with Crippen LogP contribution in [0.2, 0.25) is 0 Å². The van der Waals surface area contributed by atoms with E-state index in [0.717, 1.165) is 25.9 Å². The van der Waals surface area contributed by atoms with Gasteiger partial charge < -0.3 is 15.8 Å². The van der Waals surface area contributed by atoms with Crippen molar-refractivity contribution in [2.24, 2.45) is 10.9 Å². The molecule has 0 bridgehead atoms. The molecule has 0 aromatic carbocycles. The van der Waals surface area contributed by atoms with Gasteiger partial charge in [0.15, 0.2) is 5.84 Å². The number of hydrogen-bond donors (Lipinski definition) is 2. The van der Waals surface area contributed by atoms with Gasteiger partial charge in [0.1, 0.15) is 5.69 Å². The summed E-state index contributed by atoms with van der Waals surface area (Å²) >= 11 is 0. The van der Waals surface area contributed by atoms with E-state index in [1.54, 1.807) is 12.3 Å². The molecule has 0 spiro atoms. The van der Waals surface area contributed by atoms with Gasteiger partial charge in [0.2, 0.25) is 5.95 Å². The van der Waals surface area contributed by atoms with Crippen LogP contribution in [0.4, 0.5) is 5.95 Å². The summed E-state index contributed by atoms with van der Waals surface area (Å²) in [6, 6.07) is 1.62. The minimum absolute atomic E-state index is 0.000180. The van der Waals surface area contributed by atoms with E-state index in [1.807, 2.05) is 0 Å². The maximum atomic E-state index is 8.61. The summed E-state index contributed by atoms with van der Waals surface area (Å²) in [6.07, 6.45) is 3.83. The zero-order valence-electron chi connectivity index (χ0n) is 10.3. The lowest BCUT2D eigenvalue weighted by Gasteiger charge is -2.20. The van der Waals surface area contributed by atoms with Gasteiger partial charge in [0, 0.05) is 19.3 Å². The highest BCUT2D eigenvalue weighted by Crippen LogP contribution is 2.08. The van der Waals surface area contributed by atoms with Crippen LogP contribution in [-0.2, 0) is 0 Å². The Morgan fingerprint density at radius 2 is 2.29 bits per heavy atom. The van der Waals surface area contributed by atoms with Crippen molar-refractivity contribution in [1.29, 1.82) is 0 Å². The van der Waals surface area contributed by atoms with Crippen molar-refractivity contribution in [3.63, 3.8) is 0 Å². The Morgan fingerprint density at radius 3 is 2.88 bits per heavy atom. The van der Waals surface area contributed by atoms with E-state index < -0.39 is 0 Å². The number of nitrogens with two attached hydrogens (primary N) is 1. The van der Waals surface area contributed by atoms with Crippen LogP contribution in [0.5, 0.6) is 0 Å². The van der Waals surface area contributed by atoms with E-state index in [4.69, 9.17) is 10.9 Å². The minimum atomic E-state index is 0.000180. The van der Waals surface area contributed by atoms with Gasteiger partial charge in [0.05, 0.1) is 0 Å². The van der Waals surface area contributed by atoms with E-state index in [1.165, 1.54) is 0 Å². The molecule has 0 amide bonds. The molecule has 0 radical (unpaired) electrons. The largest absolute Gasteiger partial charge is 0.409 e. The fourth-order valence-electron chi connectivity index (χ4n) is 1.44. The Kier molecular flexibility index (Phi) is 5.19. The number of anilines is 1. The van der Waals surface area contributed by atoms with Crippen LogP contribution < -0.4 is 10.6 Å². The maximum Gasteiger partial charge on any atom is 0.225 e. The molecule has 3 N–H and O–H groups in total. The zero-order chi connectivity index (χ0) is 12.7. The van der Waals surface area contributed by atoms with Crippen molar-refractivity contribution in [1.82, 2.24) is 9.97 Å². The van der Waals surface area contributed by atoms with E-state index in [-0.39, 0.29) is 5.84 Å². The highest BCUT2D eigenvalue weighted by molar-refractivity contribution is 5.95. The first-order valence-corrected chi connectivity index (χ1v) is 5.78. The van der Waals surface area contributed by atoms with Crippen LogP contribution in [0.3, 0.4) is 0 Å². The molecule has 1 heterocycles. The molecule has 6 heteroatoms. The lowest BCUT2D eigenvalue weighted by molar-refractivity contribution is 0.318. The molecule has 1 aromatic heterocycles. The Hall–Kier alpha value is -1.85. The van der Waals surface area contributed by atoms with Crippen molar-refractivity contribution < 1.29 is 5.21 Å². The molecule has 0 saturated carbocycles. The first-order valence-electron chi connectivity index (χ1n) is 5.78. The smallest absolute Gasteiger partial charge is 0.225 e. The van der Waals surface area contributed by atoms with Gasteiger partial charge >= 0.3 is 0 Å². The number of amidine groups is 1. The fraction of sp³-hybridized carbons (Fsp3) is 0.545. The van der Waals surface area contributed by atoms with E-state index in [9.17, 15) is 0 Å². The summed E-state index contributed by atoms with van der Waals surface area (Å²) in [5.74, 6) is 0.616. The summed E-state index contributed by atoms with van der Waals surface area (Å²) in [7, 11) is 0. The molecular formula is C11H19N5O. The number of aromatic nitrogens is 2. The molecule has 6 nitrogen and oxygen atoms in total.